The molecule has 0 N–H and O–H groups in total. The predicted molar refractivity (Wildman–Crippen MR) is 97.5 cm³/mol. The summed E-state index contributed by atoms with van der Waals surface area (Å²) >= 11 is 13.4. The van der Waals surface area contributed by atoms with Crippen molar-refractivity contribution in [1.82, 2.24) is 4.98 Å². The first-order chi connectivity index (χ1) is 11.7. The van der Waals surface area contributed by atoms with E-state index < -0.39 is 11.7 Å². The van der Waals surface area contributed by atoms with Gasteiger partial charge in [0.2, 0.25) is 0 Å². The van der Waals surface area contributed by atoms with E-state index in [2.05, 4.69) is 4.98 Å². The first-order valence-corrected chi connectivity index (χ1v) is 8.90. The van der Waals surface area contributed by atoms with Gasteiger partial charge in [0.05, 0.1) is 21.3 Å². The Morgan fingerprint density at radius 2 is 1.64 bits per heavy atom. The van der Waals surface area contributed by atoms with Crippen molar-refractivity contribution in [3.05, 3.63) is 62.4 Å². The Balaban J connectivity index is 2.06. The van der Waals surface area contributed by atoms with Crippen molar-refractivity contribution in [1.29, 1.82) is 0 Å². The summed E-state index contributed by atoms with van der Waals surface area (Å²) < 4.78 is 38.6. The second-order valence-corrected chi connectivity index (χ2v) is 7.34. The number of benzene rings is 2. The summed E-state index contributed by atoms with van der Waals surface area (Å²) in [4.78, 5) is 4.52. The zero-order chi connectivity index (χ0) is 18.4. The third-order valence-electron chi connectivity index (χ3n) is 3.75. The molecule has 0 aliphatic rings. The van der Waals surface area contributed by atoms with E-state index in [1.165, 1.54) is 11.3 Å². The third kappa shape index (κ3) is 3.68. The fraction of sp³-hybridized carbons (Fsp3) is 0.167. The Morgan fingerprint density at radius 3 is 2.20 bits per heavy atom. The molecule has 1 aromatic heterocycles. The standard InChI is InChI=1S/C18H12Cl2F3NS/c1-9-3-4-12(10(2)5-9)15-8-25-17(24-15)16-13(19)6-11(7-14(16)20)18(21,22)23/h3-8H,1-2H3. The van der Waals surface area contributed by atoms with Gasteiger partial charge in [-0.25, -0.2) is 4.98 Å². The number of hydrogen-bond acceptors (Lipinski definition) is 2. The van der Waals surface area contributed by atoms with Gasteiger partial charge in [0, 0.05) is 16.5 Å². The van der Waals surface area contributed by atoms with E-state index in [4.69, 9.17) is 23.2 Å². The van der Waals surface area contributed by atoms with Crippen LogP contribution in [0.2, 0.25) is 10.0 Å². The Labute approximate surface area is 157 Å². The van der Waals surface area contributed by atoms with Crippen molar-refractivity contribution in [3.63, 3.8) is 0 Å². The molecule has 130 valence electrons. The van der Waals surface area contributed by atoms with E-state index in [1.54, 1.807) is 0 Å². The van der Waals surface area contributed by atoms with Crippen molar-refractivity contribution in [3.8, 4) is 21.8 Å². The first kappa shape index (κ1) is 18.2. The van der Waals surface area contributed by atoms with Gasteiger partial charge in [0.15, 0.2) is 0 Å². The van der Waals surface area contributed by atoms with Gasteiger partial charge in [-0.3, -0.25) is 0 Å². The number of alkyl halides is 3. The van der Waals surface area contributed by atoms with Gasteiger partial charge in [0.25, 0.3) is 0 Å². The summed E-state index contributed by atoms with van der Waals surface area (Å²) in [6, 6.07) is 7.76. The van der Waals surface area contributed by atoms with Crippen LogP contribution >= 0.6 is 34.5 Å². The summed E-state index contributed by atoms with van der Waals surface area (Å²) in [6.45, 7) is 3.99. The maximum Gasteiger partial charge on any atom is 0.416 e. The summed E-state index contributed by atoms with van der Waals surface area (Å²) in [5, 5.41) is 2.19. The van der Waals surface area contributed by atoms with E-state index in [1.807, 2.05) is 37.4 Å². The maximum atomic E-state index is 12.9. The van der Waals surface area contributed by atoms with Crippen molar-refractivity contribution in [2.24, 2.45) is 0 Å². The third-order valence-corrected chi connectivity index (χ3v) is 5.20. The largest absolute Gasteiger partial charge is 0.416 e. The van der Waals surface area contributed by atoms with Crippen LogP contribution in [0.5, 0.6) is 0 Å². The zero-order valence-electron chi connectivity index (χ0n) is 13.2. The molecule has 0 bridgehead atoms. The molecule has 0 amide bonds. The minimum Gasteiger partial charge on any atom is -0.236 e. The smallest absolute Gasteiger partial charge is 0.236 e. The molecular weight excluding hydrogens is 390 g/mol. The van der Waals surface area contributed by atoms with Gasteiger partial charge in [-0.2, -0.15) is 13.2 Å². The van der Waals surface area contributed by atoms with Crippen LogP contribution in [0.1, 0.15) is 16.7 Å². The number of rotatable bonds is 2. The fourth-order valence-electron chi connectivity index (χ4n) is 2.55. The Hall–Kier alpha value is -1.56. The summed E-state index contributed by atoms with van der Waals surface area (Å²) in [7, 11) is 0. The molecule has 0 unspecified atom stereocenters. The highest BCUT2D eigenvalue weighted by molar-refractivity contribution is 7.13. The van der Waals surface area contributed by atoms with Crippen molar-refractivity contribution in [2.75, 3.05) is 0 Å². The lowest BCUT2D eigenvalue weighted by Crippen LogP contribution is -2.05. The highest BCUT2D eigenvalue weighted by atomic mass is 35.5. The van der Waals surface area contributed by atoms with Gasteiger partial charge >= 0.3 is 6.18 Å². The van der Waals surface area contributed by atoms with Crippen LogP contribution in [0, 0.1) is 13.8 Å². The highest BCUT2D eigenvalue weighted by Gasteiger charge is 2.32. The number of nitrogens with zero attached hydrogens (tertiary/aromatic N) is 1. The Morgan fingerprint density at radius 1 is 1.00 bits per heavy atom. The molecule has 7 heteroatoms. The van der Waals surface area contributed by atoms with Crippen LogP contribution in [-0.4, -0.2) is 4.98 Å². The topological polar surface area (TPSA) is 12.9 Å². The van der Waals surface area contributed by atoms with Gasteiger partial charge in [0.1, 0.15) is 5.01 Å². The van der Waals surface area contributed by atoms with Crippen molar-refractivity contribution in [2.45, 2.75) is 20.0 Å². The molecular formula is C18H12Cl2F3NS. The lowest BCUT2D eigenvalue weighted by molar-refractivity contribution is -0.137. The average molecular weight is 402 g/mol. The number of halogens is 5. The Kier molecular flexibility index (Phi) is 4.84. The van der Waals surface area contributed by atoms with Gasteiger partial charge in [-0.05, 0) is 31.5 Å². The summed E-state index contributed by atoms with van der Waals surface area (Å²) in [6.07, 6.45) is -4.50. The lowest BCUT2D eigenvalue weighted by atomic mass is 10.0. The van der Waals surface area contributed by atoms with Gasteiger partial charge in [-0.1, -0.05) is 47.0 Å². The van der Waals surface area contributed by atoms with Gasteiger partial charge < -0.3 is 0 Å². The molecule has 25 heavy (non-hydrogen) atoms. The molecule has 3 rings (SSSR count). The molecule has 0 radical (unpaired) electrons. The van der Waals surface area contributed by atoms with Crippen molar-refractivity contribution < 1.29 is 13.2 Å². The van der Waals surface area contributed by atoms with Crippen LogP contribution in [0.15, 0.2) is 35.7 Å². The normalized spacial score (nSPS) is 11.8. The van der Waals surface area contributed by atoms with Crippen LogP contribution < -0.4 is 0 Å². The number of aryl methyl sites for hydroxylation is 2. The molecule has 1 nitrogen and oxygen atoms in total. The van der Waals surface area contributed by atoms with Crippen LogP contribution in [0.3, 0.4) is 0 Å². The minimum atomic E-state index is -4.50. The first-order valence-electron chi connectivity index (χ1n) is 7.26. The summed E-state index contributed by atoms with van der Waals surface area (Å²) in [5.74, 6) is 0. The summed E-state index contributed by atoms with van der Waals surface area (Å²) in [5.41, 5.74) is 3.36. The van der Waals surface area contributed by atoms with E-state index in [9.17, 15) is 13.2 Å². The van der Waals surface area contributed by atoms with Gasteiger partial charge in [-0.15, -0.1) is 11.3 Å². The van der Waals surface area contributed by atoms with E-state index in [0.717, 1.165) is 34.5 Å². The van der Waals surface area contributed by atoms with Crippen LogP contribution in [0.4, 0.5) is 13.2 Å². The van der Waals surface area contributed by atoms with E-state index in [0.29, 0.717) is 10.6 Å². The fourth-order valence-corrected chi connectivity index (χ4v) is 4.22. The molecule has 1 heterocycles. The molecule has 0 atom stereocenters. The molecule has 0 aliphatic carbocycles. The number of thiazole rings is 1. The van der Waals surface area contributed by atoms with Crippen LogP contribution in [-0.2, 0) is 6.18 Å². The molecule has 0 aliphatic heterocycles. The maximum absolute atomic E-state index is 12.9. The zero-order valence-corrected chi connectivity index (χ0v) is 15.5. The molecule has 0 saturated carbocycles. The Bertz CT molecular complexity index is 925. The quantitative estimate of drug-likeness (QED) is 0.435. The minimum absolute atomic E-state index is 0.0682. The average Bonchev–Trinajstić information content (AvgIpc) is 2.94. The molecule has 3 aromatic rings. The van der Waals surface area contributed by atoms with E-state index in [-0.39, 0.29) is 10.0 Å². The van der Waals surface area contributed by atoms with Crippen molar-refractivity contribution >= 4 is 34.5 Å². The van der Waals surface area contributed by atoms with E-state index >= 15 is 0 Å². The number of hydrogen-bond donors (Lipinski definition) is 0. The number of aromatic nitrogens is 1. The molecule has 0 saturated heterocycles. The second-order valence-electron chi connectivity index (χ2n) is 5.67. The molecule has 2 aromatic carbocycles. The lowest BCUT2D eigenvalue weighted by Gasteiger charge is -2.10. The SMILES string of the molecule is Cc1ccc(-c2csc(-c3c(Cl)cc(C(F)(F)F)cc3Cl)n2)c(C)c1. The predicted octanol–water partition coefficient (Wildman–Crippen LogP) is 7.42. The highest BCUT2D eigenvalue weighted by Crippen LogP contribution is 2.42. The second kappa shape index (κ2) is 6.63. The molecule has 0 fully saturated rings. The van der Waals surface area contributed by atoms with Crippen LogP contribution in [0.25, 0.3) is 21.8 Å². The monoisotopic (exact) mass is 401 g/mol. The molecule has 0 spiro atoms.